The van der Waals surface area contributed by atoms with Crippen molar-refractivity contribution in [2.75, 3.05) is 19.3 Å². The summed E-state index contributed by atoms with van der Waals surface area (Å²) in [5.41, 5.74) is 4.32. The lowest BCUT2D eigenvalue weighted by atomic mass is 10.1. The fourth-order valence-corrected chi connectivity index (χ4v) is 3.78. The zero-order valence-electron chi connectivity index (χ0n) is 17.3. The van der Waals surface area contributed by atoms with Crippen LogP contribution in [-0.2, 0) is 19.2 Å². The number of hydrogen-bond acceptors (Lipinski definition) is 3. The van der Waals surface area contributed by atoms with Crippen LogP contribution < -0.4 is 10.6 Å². The molecule has 0 aliphatic rings. The molecule has 0 radical (unpaired) electrons. The molecule has 0 amide bonds. The molecule has 0 aliphatic heterocycles. The number of guanidine groups is 1. The van der Waals surface area contributed by atoms with Crippen LogP contribution in [0.2, 0.25) is 0 Å². The minimum Gasteiger partial charge on any atom is -0.356 e. The van der Waals surface area contributed by atoms with E-state index in [9.17, 15) is 4.39 Å². The van der Waals surface area contributed by atoms with Crippen molar-refractivity contribution in [1.29, 1.82) is 0 Å². The van der Waals surface area contributed by atoms with E-state index in [1.807, 2.05) is 23.9 Å². The predicted octanol–water partition coefficient (Wildman–Crippen LogP) is 3.82. The first-order valence-electron chi connectivity index (χ1n) is 9.19. The van der Waals surface area contributed by atoms with E-state index in [1.54, 1.807) is 24.9 Å². The Balaban J connectivity index is 0.00000392. The van der Waals surface area contributed by atoms with Crippen molar-refractivity contribution in [3.63, 3.8) is 0 Å². The second kappa shape index (κ2) is 12.3. The van der Waals surface area contributed by atoms with Gasteiger partial charge in [0.05, 0.1) is 5.69 Å². The van der Waals surface area contributed by atoms with Gasteiger partial charge in [0.1, 0.15) is 5.82 Å². The van der Waals surface area contributed by atoms with Gasteiger partial charge in [-0.05, 0) is 44.4 Å². The van der Waals surface area contributed by atoms with Crippen LogP contribution in [-0.4, -0.2) is 41.1 Å². The molecule has 0 fully saturated rings. The first-order valence-corrected chi connectivity index (χ1v) is 10.3. The molecule has 1 heterocycles. The molecule has 0 saturated heterocycles. The molecular weight excluding hydrogens is 488 g/mol. The number of nitrogens with zero attached hydrogens (tertiary/aromatic N) is 3. The molecule has 5 nitrogen and oxygen atoms in total. The van der Waals surface area contributed by atoms with E-state index >= 15 is 0 Å². The lowest BCUT2D eigenvalue weighted by Crippen LogP contribution is -2.43. The van der Waals surface area contributed by atoms with Crippen molar-refractivity contribution in [2.24, 2.45) is 12.0 Å². The topological polar surface area (TPSA) is 54.2 Å². The number of halogens is 2. The third-order valence-corrected chi connectivity index (χ3v) is 5.54. The Bertz CT molecular complexity index is 778. The number of hydrogen-bond donors (Lipinski definition) is 2. The Morgan fingerprint density at radius 2 is 2.04 bits per heavy atom. The molecule has 1 aromatic carbocycles. The van der Waals surface area contributed by atoms with Crippen molar-refractivity contribution >= 4 is 41.7 Å². The van der Waals surface area contributed by atoms with Gasteiger partial charge in [0, 0.05) is 43.9 Å². The van der Waals surface area contributed by atoms with Gasteiger partial charge in [0.25, 0.3) is 0 Å². The van der Waals surface area contributed by atoms with Gasteiger partial charge in [-0.3, -0.25) is 9.67 Å². The molecule has 8 heteroatoms. The van der Waals surface area contributed by atoms with E-state index in [4.69, 9.17) is 0 Å². The van der Waals surface area contributed by atoms with Crippen LogP contribution in [0.25, 0.3) is 0 Å². The highest BCUT2D eigenvalue weighted by Gasteiger charge is 2.13. The molecule has 1 unspecified atom stereocenters. The van der Waals surface area contributed by atoms with Crippen molar-refractivity contribution in [1.82, 2.24) is 20.4 Å². The summed E-state index contributed by atoms with van der Waals surface area (Å²) >= 11 is 1.70. The van der Waals surface area contributed by atoms with Crippen LogP contribution in [0.3, 0.4) is 0 Å². The number of benzene rings is 1. The predicted molar refractivity (Wildman–Crippen MR) is 128 cm³/mol. The van der Waals surface area contributed by atoms with Crippen molar-refractivity contribution in [2.45, 2.75) is 39.0 Å². The third-order valence-electron chi connectivity index (χ3n) is 4.53. The monoisotopic (exact) mass is 519 g/mol. The Morgan fingerprint density at radius 1 is 1.32 bits per heavy atom. The Kier molecular flexibility index (Phi) is 10.9. The fraction of sp³-hybridized carbons (Fsp3) is 0.500. The Labute approximate surface area is 189 Å². The molecule has 0 bridgehead atoms. The van der Waals surface area contributed by atoms with E-state index in [0.29, 0.717) is 5.75 Å². The van der Waals surface area contributed by atoms with Crippen molar-refractivity contribution in [3.8, 4) is 0 Å². The lowest BCUT2D eigenvalue weighted by molar-refractivity contribution is 0.617. The van der Waals surface area contributed by atoms with E-state index in [2.05, 4.69) is 41.5 Å². The zero-order chi connectivity index (χ0) is 19.8. The van der Waals surface area contributed by atoms with Crippen LogP contribution in [0.5, 0.6) is 0 Å². The van der Waals surface area contributed by atoms with Crippen LogP contribution in [0.15, 0.2) is 29.3 Å². The smallest absolute Gasteiger partial charge is 0.191 e. The second-order valence-corrected chi connectivity index (χ2v) is 7.77. The molecule has 2 N–H and O–H groups in total. The van der Waals surface area contributed by atoms with E-state index in [0.717, 1.165) is 35.9 Å². The summed E-state index contributed by atoms with van der Waals surface area (Å²) in [6.07, 6.45) is 0.897. The van der Waals surface area contributed by atoms with Gasteiger partial charge in [-0.15, -0.1) is 24.0 Å². The fourth-order valence-electron chi connectivity index (χ4n) is 2.94. The first-order chi connectivity index (χ1) is 12.9. The molecule has 2 aromatic rings. The van der Waals surface area contributed by atoms with Crippen molar-refractivity contribution in [3.05, 3.63) is 52.6 Å². The van der Waals surface area contributed by atoms with Gasteiger partial charge in [0.15, 0.2) is 5.96 Å². The van der Waals surface area contributed by atoms with Crippen LogP contribution in [0.4, 0.5) is 4.39 Å². The van der Waals surface area contributed by atoms with Gasteiger partial charge in [-0.25, -0.2) is 4.39 Å². The zero-order valence-corrected chi connectivity index (χ0v) is 20.4. The largest absolute Gasteiger partial charge is 0.356 e. The second-order valence-electron chi connectivity index (χ2n) is 6.67. The van der Waals surface area contributed by atoms with Gasteiger partial charge in [-0.1, -0.05) is 18.2 Å². The quantitative estimate of drug-likeness (QED) is 0.241. The van der Waals surface area contributed by atoms with E-state index < -0.39 is 0 Å². The first kappa shape index (κ1) is 24.7. The van der Waals surface area contributed by atoms with Crippen LogP contribution >= 0.6 is 35.7 Å². The summed E-state index contributed by atoms with van der Waals surface area (Å²) in [7, 11) is 3.75. The maximum Gasteiger partial charge on any atom is 0.191 e. The maximum absolute atomic E-state index is 13.6. The molecule has 0 aliphatic carbocycles. The molecule has 2 rings (SSSR count). The molecule has 28 heavy (non-hydrogen) atoms. The number of aryl methyl sites for hydroxylation is 2. The van der Waals surface area contributed by atoms with E-state index in [-0.39, 0.29) is 35.8 Å². The van der Waals surface area contributed by atoms with Crippen LogP contribution in [0, 0.1) is 19.7 Å². The van der Waals surface area contributed by atoms with Crippen molar-refractivity contribution < 1.29 is 4.39 Å². The number of nitrogens with one attached hydrogen (secondary N) is 2. The highest BCUT2D eigenvalue weighted by atomic mass is 127. The van der Waals surface area contributed by atoms with Gasteiger partial charge in [0.2, 0.25) is 0 Å². The average Bonchev–Trinajstić information content (AvgIpc) is 2.88. The molecule has 0 saturated carbocycles. The molecule has 1 atom stereocenters. The molecule has 1 aromatic heterocycles. The summed E-state index contributed by atoms with van der Waals surface area (Å²) in [6.45, 7) is 7.07. The van der Waals surface area contributed by atoms with Crippen LogP contribution in [0.1, 0.15) is 29.4 Å². The third kappa shape index (κ3) is 7.27. The normalized spacial score (nSPS) is 12.4. The summed E-state index contributed by atoms with van der Waals surface area (Å²) in [6, 6.07) is 7.17. The van der Waals surface area contributed by atoms with Gasteiger partial charge < -0.3 is 10.6 Å². The Morgan fingerprint density at radius 3 is 2.64 bits per heavy atom. The number of thioether (sulfide) groups is 1. The number of aromatic nitrogens is 2. The lowest BCUT2D eigenvalue weighted by Gasteiger charge is -2.18. The minimum atomic E-state index is -0.134. The summed E-state index contributed by atoms with van der Waals surface area (Å²) in [5, 5.41) is 11.2. The molecule has 156 valence electrons. The standard InChI is InChI=1S/C20H30FN5S.HI/c1-14(12-18-15(2)25-26(5)16(18)3)24-20(22-4)23-10-11-27-13-17-8-6-7-9-19(17)21;/h6-9,14H,10-13H2,1-5H3,(H2,22,23,24);1H. The van der Waals surface area contributed by atoms with Gasteiger partial charge in [-0.2, -0.15) is 16.9 Å². The average molecular weight is 519 g/mol. The highest BCUT2D eigenvalue weighted by Crippen LogP contribution is 2.15. The summed E-state index contributed by atoms with van der Waals surface area (Å²) in [5.74, 6) is 2.21. The Hall–Kier alpha value is -1.29. The maximum atomic E-state index is 13.6. The minimum absolute atomic E-state index is 0. The number of rotatable bonds is 8. The highest BCUT2D eigenvalue weighted by molar-refractivity contribution is 14.0. The summed E-state index contributed by atoms with van der Waals surface area (Å²) in [4.78, 5) is 4.29. The molecule has 0 spiro atoms. The number of aliphatic imine (C=N–C) groups is 1. The van der Waals surface area contributed by atoms with Gasteiger partial charge >= 0.3 is 0 Å². The summed E-state index contributed by atoms with van der Waals surface area (Å²) < 4.78 is 15.5. The van der Waals surface area contributed by atoms with E-state index in [1.165, 1.54) is 17.3 Å². The SMILES string of the molecule is CN=C(NCCSCc1ccccc1F)NC(C)Cc1c(C)nn(C)c1C.I. The molecular formula is C20H31FIN5S.